The van der Waals surface area contributed by atoms with Crippen molar-refractivity contribution < 1.29 is 17.9 Å². The van der Waals surface area contributed by atoms with Gasteiger partial charge in [-0.3, -0.25) is 9.62 Å². The molecule has 2 saturated heterocycles. The van der Waals surface area contributed by atoms with Crippen molar-refractivity contribution in [2.24, 2.45) is 0 Å². The van der Waals surface area contributed by atoms with Crippen LogP contribution in [0.15, 0.2) is 48.5 Å². The van der Waals surface area contributed by atoms with E-state index in [9.17, 15) is 13.2 Å². The highest BCUT2D eigenvalue weighted by atomic mass is 32.2. The minimum Gasteiger partial charge on any atom is -0.444 e. The van der Waals surface area contributed by atoms with Crippen molar-refractivity contribution in [3.8, 4) is 0 Å². The second-order valence-electron chi connectivity index (χ2n) is 11.7. The van der Waals surface area contributed by atoms with Crippen LogP contribution in [0.1, 0.15) is 26.3 Å². The summed E-state index contributed by atoms with van der Waals surface area (Å²) in [6.45, 7) is 11.1. The second kappa shape index (κ2) is 11.7. The molecule has 2 fully saturated rings. The van der Waals surface area contributed by atoms with Gasteiger partial charge >= 0.3 is 6.09 Å². The molecule has 11 nitrogen and oxygen atoms in total. The fraction of sp³-hybridized carbons (Fsp3) is 0.483. The van der Waals surface area contributed by atoms with Crippen LogP contribution in [0.3, 0.4) is 0 Å². The molecule has 3 heterocycles. The van der Waals surface area contributed by atoms with Crippen LogP contribution >= 0.6 is 0 Å². The third-order valence-electron chi connectivity index (χ3n) is 7.18. The molecule has 0 aliphatic carbocycles. The van der Waals surface area contributed by atoms with Crippen LogP contribution in [-0.4, -0.2) is 98.0 Å². The number of hydrogen-bond donors (Lipinski definition) is 2. The van der Waals surface area contributed by atoms with Gasteiger partial charge in [-0.15, -0.1) is 0 Å². The maximum Gasteiger partial charge on any atom is 0.410 e. The van der Waals surface area contributed by atoms with Gasteiger partial charge < -0.3 is 19.9 Å². The molecule has 1 aromatic heterocycles. The summed E-state index contributed by atoms with van der Waals surface area (Å²) in [4.78, 5) is 28.5. The maximum atomic E-state index is 12.3. The molecular weight excluding hydrogens is 542 g/mol. The third-order valence-corrected chi connectivity index (χ3v) is 7.79. The molecule has 0 radical (unpaired) electrons. The van der Waals surface area contributed by atoms with Crippen LogP contribution in [0.5, 0.6) is 0 Å². The summed E-state index contributed by atoms with van der Waals surface area (Å²) in [6, 6.07) is 15.8. The zero-order chi connectivity index (χ0) is 29.2. The first-order chi connectivity index (χ1) is 19.4. The molecule has 220 valence electrons. The zero-order valence-corrected chi connectivity index (χ0v) is 24.9. The number of anilines is 3. The topological polar surface area (TPSA) is 120 Å². The number of carbonyl (C=O) groups excluding carboxylic acids is 1. The molecule has 3 aromatic rings. The van der Waals surface area contributed by atoms with Gasteiger partial charge in [0.05, 0.1) is 11.8 Å². The van der Waals surface area contributed by atoms with E-state index in [0.717, 1.165) is 61.1 Å². The second-order valence-corrected chi connectivity index (χ2v) is 13.4. The Morgan fingerprint density at radius 2 is 1.68 bits per heavy atom. The van der Waals surface area contributed by atoms with Crippen molar-refractivity contribution in [1.82, 2.24) is 19.8 Å². The number of ether oxygens (including phenoxy) is 1. The van der Waals surface area contributed by atoms with E-state index in [0.29, 0.717) is 37.3 Å². The summed E-state index contributed by atoms with van der Waals surface area (Å²) in [5.74, 6) is 1.52. The Balaban J connectivity index is 1.17. The predicted octanol–water partition coefficient (Wildman–Crippen LogP) is 3.40. The zero-order valence-electron chi connectivity index (χ0n) is 24.1. The average Bonchev–Trinajstić information content (AvgIpc) is 2.87. The Bertz CT molecular complexity index is 1480. The van der Waals surface area contributed by atoms with Crippen LogP contribution in [0, 0.1) is 0 Å². The van der Waals surface area contributed by atoms with Crippen molar-refractivity contribution in [3.05, 3.63) is 54.1 Å². The smallest absolute Gasteiger partial charge is 0.410 e. The molecule has 0 saturated carbocycles. The summed E-state index contributed by atoms with van der Waals surface area (Å²) >= 11 is 0. The molecule has 0 atom stereocenters. The van der Waals surface area contributed by atoms with E-state index in [1.807, 2.05) is 57.2 Å². The molecule has 12 heteroatoms. The van der Waals surface area contributed by atoms with E-state index in [1.54, 1.807) is 17.0 Å². The predicted molar refractivity (Wildman–Crippen MR) is 162 cm³/mol. The summed E-state index contributed by atoms with van der Waals surface area (Å²) in [7, 11) is -3.30. The largest absolute Gasteiger partial charge is 0.444 e. The molecule has 41 heavy (non-hydrogen) atoms. The highest BCUT2D eigenvalue weighted by Crippen LogP contribution is 2.26. The molecule has 0 bridgehead atoms. The van der Waals surface area contributed by atoms with Crippen LogP contribution in [0.25, 0.3) is 10.9 Å². The van der Waals surface area contributed by atoms with Crippen LogP contribution in [0.2, 0.25) is 0 Å². The van der Waals surface area contributed by atoms with Crippen LogP contribution < -0.4 is 14.9 Å². The van der Waals surface area contributed by atoms with Gasteiger partial charge in [0.15, 0.2) is 0 Å². The van der Waals surface area contributed by atoms with Gasteiger partial charge in [-0.05, 0) is 57.0 Å². The molecule has 5 rings (SSSR count). The first-order valence-corrected chi connectivity index (χ1v) is 15.9. The number of likely N-dealkylation sites (tertiary alicyclic amines) is 1. The molecule has 2 aliphatic heterocycles. The fourth-order valence-corrected chi connectivity index (χ4v) is 5.63. The Morgan fingerprint density at radius 3 is 2.34 bits per heavy atom. The van der Waals surface area contributed by atoms with Gasteiger partial charge in [-0.2, -0.15) is 4.98 Å². The van der Waals surface area contributed by atoms with Crippen molar-refractivity contribution in [2.75, 3.05) is 67.0 Å². The number of rotatable bonds is 8. The molecule has 1 amide bonds. The molecule has 0 spiro atoms. The number of hydrogen-bond acceptors (Lipinski definition) is 9. The Kier molecular flexibility index (Phi) is 8.23. The van der Waals surface area contributed by atoms with Crippen LogP contribution in [0.4, 0.5) is 22.2 Å². The fourth-order valence-electron chi connectivity index (χ4n) is 5.07. The molecule has 0 unspecified atom stereocenters. The lowest BCUT2D eigenvalue weighted by Crippen LogP contribution is -2.64. The van der Waals surface area contributed by atoms with Gasteiger partial charge in [0, 0.05) is 62.9 Å². The van der Waals surface area contributed by atoms with E-state index in [2.05, 4.69) is 19.8 Å². The Morgan fingerprint density at radius 1 is 1.00 bits per heavy atom. The van der Waals surface area contributed by atoms with Gasteiger partial charge in [0.25, 0.3) is 0 Å². The quantitative estimate of drug-likeness (QED) is 0.412. The van der Waals surface area contributed by atoms with E-state index < -0.39 is 15.6 Å². The summed E-state index contributed by atoms with van der Waals surface area (Å²) in [5, 5.41) is 4.47. The number of para-hydroxylation sites is 1. The van der Waals surface area contributed by atoms with Crippen molar-refractivity contribution in [3.63, 3.8) is 0 Å². The monoisotopic (exact) mass is 581 g/mol. The Labute approximate surface area is 241 Å². The minimum absolute atomic E-state index is 0.238. The summed E-state index contributed by atoms with van der Waals surface area (Å²) < 4.78 is 30.9. The lowest BCUT2D eigenvalue weighted by atomic mass is 10.1. The average molecular weight is 582 g/mol. The van der Waals surface area contributed by atoms with E-state index in [4.69, 9.17) is 14.7 Å². The van der Waals surface area contributed by atoms with Gasteiger partial charge in [0.1, 0.15) is 11.4 Å². The number of nitrogens with zero attached hydrogens (tertiary/aromatic N) is 5. The van der Waals surface area contributed by atoms with E-state index >= 15 is 0 Å². The molecular formula is C29H39N7O4S. The number of carbonyl (C=O) groups is 1. The Hall–Kier alpha value is -3.64. The number of aromatic nitrogens is 2. The number of piperazine rings is 1. The molecule has 2 aromatic carbocycles. The van der Waals surface area contributed by atoms with Gasteiger partial charge in [0.2, 0.25) is 16.0 Å². The minimum atomic E-state index is -3.30. The highest BCUT2D eigenvalue weighted by molar-refractivity contribution is 7.92. The first-order valence-electron chi connectivity index (χ1n) is 14.0. The lowest BCUT2D eigenvalue weighted by molar-refractivity contribution is -0.0162. The number of nitrogens with one attached hydrogen (secondary N) is 2. The van der Waals surface area contributed by atoms with E-state index in [1.165, 1.54) is 0 Å². The van der Waals surface area contributed by atoms with Crippen molar-refractivity contribution >= 4 is 44.5 Å². The first kappa shape index (κ1) is 28.9. The maximum absolute atomic E-state index is 12.3. The summed E-state index contributed by atoms with van der Waals surface area (Å²) in [5.41, 5.74) is 2.05. The summed E-state index contributed by atoms with van der Waals surface area (Å²) in [6.07, 6.45) is 1.66. The molecule has 2 aliphatic rings. The van der Waals surface area contributed by atoms with Crippen molar-refractivity contribution in [2.45, 2.75) is 38.8 Å². The number of fused-ring (bicyclic) bond motifs is 1. The van der Waals surface area contributed by atoms with Crippen molar-refractivity contribution in [1.29, 1.82) is 0 Å². The van der Waals surface area contributed by atoms with Gasteiger partial charge in [-0.25, -0.2) is 18.2 Å². The van der Waals surface area contributed by atoms with Crippen LogP contribution in [-0.2, 0) is 21.2 Å². The van der Waals surface area contributed by atoms with E-state index in [-0.39, 0.29) is 6.09 Å². The highest BCUT2D eigenvalue weighted by Gasteiger charge is 2.38. The normalized spacial score (nSPS) is 16.9. The third kappa shape index (κ3) is 7.56. The number of sulfonamides is 1. The van der Waals surface area contributed by atoms with Gasteiger partial charge in [-0.1, -0.05) is 24.3 Å². The number of benzene rings is 2. The molecule has 2 N–H and O–H groups in total. The lowest BCUT2D eigenvalue weighted by Gasteiger charge is -2.48. The SMILES string of the molecule is CC(C)(C)OC(=O)N1CC(N2CCN(c3nc(NCCc4ccc(NS(C)(=O)=O)cc4)c4ccccc4n3)CC2)C1. The standard InChI is InChI=1S/C29H39N7O4S/c1-29(2,3)40-28(37)36-19-23(20-36)34-15-17-35(18-16-34)27-31-25-8-6-5-7-24(25)26(32-27)30-14-13-21-9-11-22(12-10-21)33-41(4,38)39/h5-12,23,33H,13-20H2,1-4H3,(H,30,31,32). The number of amides is 1.